The summed E-state index contributed by atoms with van der Waals surface area (Å²) in [6, 6.07) is 3.11. The summed E-state index contributed by atoms with van der Waals surface area (Å²) < 4.78 is 5.06. The van der Waals surface area contributed by atoms with E-state index in [1.807, 2.05) is 0 Å². The number of nitrogens with zero attached hydrogens (tertiary/aromatic N) is 2. The second kappa shape index (κ2) is 4.26. The molecule has 0 bridgehead atoms. The van der Waals surface area contributed by atoms with E-state index in [1.54, 1.807) is 21.9 Å². The van der Waals surface area contributed by atoms with Gasteiger partial charge in [-0.25, -0.2) is 0 Å². The molecule has 1 fully saturated rings. The van der Waals surface area contributed by atoms with Gasteiger partial charge in [-0.1, -0.05) is 0 Å². The van der Waals surface area contributed by atoms with Crippen LogP contribution in [0.5, 0.6) is 0 Å². The number of amides is 2. The van der Waals surface area contributed by atoms with Gasteiger partial charge in [-0.3, -0.25) is 9.59 Å². The highest BCUT2D eigenvalue weighted by molar-refractivity contribution is 5.92. The van der Waals surface area contributed by atoms with Crippen LogP contribution in [-0.2, 0) is 4.79 Å². The van der Waals surface area contributed by atoms with Crippen LogP contribution >= 0.6 is 0 Å². The van der Waals surface area contributed by atoms with Crippen molar-refractivity contribution in [1.82, 2.24) is 9.80 Å². The quantitative estimate of drug-likeness (QED) is 0.703. The molecule has 1 aliphatic rings. The van der Waals surface area contributed by atoms with Gasteiger partial charge in [-0.15, -0.1) is 0 Å². The number of anilines is 1. The number of hydrogen-bond acceptors (Lipinski definition) is 4. The molecule has 1 saturated heterocycles. The van der Waals surface area contributed by atoms with E-state index >= 15 is 0 Å². The summed E-state index contributed by atoms with van der Waals surface area (Å²) in [7, 11) is 0. The first-order valence-electron chi connectivity index (χ1n) is 5.04. The van der Waals surface area contributed by atoms with Crippen LogP contribution in [0.3, 0.4) is 0 Å². The number of piperazine rings is 1. The molecule has 2 N–H and O–H groups in total. The number of carbonyl (C=O) groups excluding carboxylic acids is 2. The molecule has 0 unspecified atom stereocenters. The Balaban J connectivity index is 1.99. The molecule has 0 aliphatic carbocycles. The van der Waals surface area contributed by atoms with Crippen molar-refractivity contribution in [2.24, 2.45) is 0 Å². The molecular weight excluding hydrogens is 210 g/mol. The van der Waals surface area contributed by atoms with E-state index in [0.29, 0.717) is 26.2 Å². The Hall–Kier alpha value is -1.98. The molecule has 0 saturated carbocycles. The highest BCUT2D eigenvalue weighted by Crippen LogP contribution is 2.13. The monoisotopic (exact) mass is 223 g/mol. The van der Waals surface area contributed by atoms with Crippen molar-refractivity contribution in [3.63, 3.8) is 0 Å². The third kappa shape index (κ3) is 2.00. The Bertz CT molecular complexity index is 394. The van der Waals surface area contributed by atoms with E-state index in [1.165, 1.54) is 0 Å². The fourth-order valence-electron chi connectivity index (χ4n) is 1.65. The topological polar surface area (TPSA) is 79.8 Å². The average Bonchev–Trinajstić information content (AvgIpc) is 2.75. The predicted molar refractivity (Wildman–Crippen MR) is 56.7 cm³/mol. The number of hydrogen-bond donors (Lipinski definition) is 1. The third-order valence-corrected chi connectivity index (χ3v) is 2.59. The molecule has 6 nitrogen and oxygen atoms in total. The lowest BCUT2D eigenvalue weighted by Gasteiger charge is -2.31. The van der Waals surface area contributed by atoms with Crippen molar-refractivity contribution in [1.29, 1.82) is 0 Å². The lowest BCUT2D eigenvalue weighted by molar-refractivity contribution is -0.119. The van der Waals surface area contributed by atoms with Gasteiger partial charge >= 0.3 is 0 Å². The second-order valence-electron chi connectivity index (χ2n) is 3.64. The van der Waals surface area contributed by atoms with Crippen molar-refractivity contribution in [3.05, 3.63) is 17.9 Å². The summed E-state index contributed by atoms with van der Waals surface area (Å²) in [6.07, 6.45) is 0.798. The van der Waals surface area contributed by atoms with Gasteiger partial charge in [-0.05, 0) is 6.07 Å². The van der Waals surface area contributed by atoms with Gasteiger partial charge in [0, 0.05) is 32.2 Å². The van der Waals surface area contributed by atoms with Gasteiger partial charge in [0.05, 0.1) is 0 Å². The Morgan fingerprint density at radius 3 is 2.50 bits per heavy atom. The molecule has 2 amide bonds. The molecule has 86 valence electrons. The van der Waals surface area contributed by atoms with E-state index in [9.17, 15) is 9.59 Å². The Labute approximate surface area is 92.6 Å². The van der Waals surface area contributed by atoms with Gasteiger partial charge in [-0.2, -0.15) is 0 Å². The first-order chi connectivity index (χ1) is 7.70. The molecule has 0 atom stereocenters. The lowest BCUT2D eigenvalue weighted by atomic mass is 10.3. The molecule has 0 spiro atoms. The third-order valence-electron chi connectivity index (χ3n) is 2.59. The standard InChI is InChI=1S/C10H13N3O3/c11-9-2-1-8(16-9)10(15)13-5-3-12(7-14)4-6-13/h1-2,7H,3-6,11H2. The average molecular weight is 223 g/mol. The van der Waals surface area contributed by atoms with Crippen LogP contribution in [-0.4, -0.2) is 48.3 Å². The fraction of sp³-hybridized carbons (Fsp3) is 0.400. The van der Waals surface area contributed by atoms with E-state index in [0.717, 1.165) is 6.41 Å². The van der Waals surface area contributed by atoms with Crippen molar-refractivity contribution >= 4 is 18.2 Å². The molecule has 16 heavy (non-hydrogen) atoms. The Morgan fingerprint density at radius 2 is 2.00 bits per heavy atom. The lowest BCUT2D eigenvalue weighted by Crippen LogP contribution is -2.48. The Kier molecular flexibility index (Phi) is 2.80. The number of furan rings is 1. The van der Waals surface area contributed by atoms with Gasteiger partial charge in [0.2, 0.25) is 6.41 Å². The maximum atomic E-state index is 11.9. The van der Waals surface area contributed by atoms with Gasteiger partial charge in [0.25, 0.3) is 5.91 Å². The summed E-state index contributed by atoms with van der Waals surface area (Å²) in [4.78, 5) is 25.7. The Morgan fingerprint density at radius 1 is 1.31 bits per heavy atom. The largest absolute Gasteiger partial charge is 0.436 e. The highest BCUT2D eigenvalue weighted by Gasteiger charge is 2.23. The zero-order chi connectivity index (χ0) is 11.5. The van der Waals surface area contributed by atoms with E-state index in [4.69, 9.17) is 10.2 Å². The van der Waals surface area contributed by atoms with Crippen molar-refractivity contribution in [3.8, 4) is 0 Å². The van der Waals surface area contributed by atoms with Gasteiger partial charge < -0.3 is 20.0 Å². The molecule has 0 radical (unpaired) electrons. The molecule has 2 rings (SSSR count). The van der Waals surface area contributed by atoms with Gasteiger partial charge in [0.1, 0.15) is 0 Å². The number of nitrogen functional groups attached to an aromatic ring is 1. The molecular formula is C10H13N3O3. The minimum Gasteiger partial charge on any atom is -0.436 e. The van der Waals surface area contributed by atoms with Crippen LogP contribution in [0.2, 0.25) is 0 Å². The van der Waals surface area contributed by atoms with Crippen LogP contribution in [0.4, 0.5) is 5.88 Å². The zero-order valence-corrected chi connectivity index (χ0v) is 8.76. The number of rotatable bonds is 2. The first-order valence-corrected chi connectivity index (χ1v) is 5.04. The summed E-state index contributed by atoms with van der Waals surface area (Å²) in [5.74, 6) is 0.300. The number of nitrogens with two attached hydrogens (primary N) is 1. The van der Waals surface area contributed by atoms with E-state index in [-0.39, 0.29) is 17.6 Å². The molecule has 0 aromatic carbocycles. The summed E-state index contributed by atoms with van der Waals surface area (Å²) in [5, 5.41) is 0. The summed E-state index contributed by atoms with van der Waals surface area (Å²) in [6.45, 7) is 2.17. The SMILES string of the molecule is Nc1ccc(C(=O)N2CCN(C=O)CC2)o1. The predicted octanol–water partition coefficient (Wildman–Crippen LogP) is -0.224. The van der Waals surface area contributed by atoms with Crippen LogP contribution in [0.25, 0.3) is 0 Å². The maximum Gasteiger partial charge on any atom is 0.289 e. The van der Waals surface area contributed by atoms with Crippen molar-refractivity contribution in [2.45, 2.75) is 0 Å². The summed E-state index contributed by atoms with van der Waals surface area (Å²) in [5.41, 5.74) is 5.40. The van der Waals surface area contributed by atoms with E-state index in [2.05, 4.69) is 0 Å². The molecule has 1 aromatic heterocycles. The smallest absolute Gasteiger partial charge is 0.289 e. The first kappa shape index (κ1) is 10.5. The highest BCUT2D eigenvalue weighted by atomic mass is 16.4. The van der Waals surface area contributed by atoms with Crippen LogP contribution < -0.4 is 5.73 Å². The van der Waals surface area contributed by atoms with E-state index < -0.39 is 0 Å². The minimum atomic E-state index is -0.178. The fourth-order valence-corrected chi connectivity index (χ4v) is 1.65. The molecule has 1 aliphatic heterocycles. The van der Waals surface area contributed by atoms with Gasteiger partial charge in [0.15, 0.2) is 11.6 Å². The molecule has 6 heteroatoms. The minimum absolute atomic E-state index is 0.178. The summed E-state index contributed by atoms with van der Waals surface area (Å²) >= 11 is 0. The number of carbonyl (C=O) groups is 2. The molecule has 1 aromatic rings. The molecule has 2 heterocycles. The zero-order valence-electron chi connectivity index (χ0n) is 8.76. The second-order valence-corrected chi connectivity index (χ2v) is 3.64. The van der Waals surface area contributed by atoms with Crippen LogP contribution in [0.1, 0.15) is 10.6 Å². The van der Waals surface area contributed by atoms with Crippen LogP contribution in [0, 0.1) is 0 Å². The van der Waals surface area contributed by atoms with Crippen molar-refractivity contribution in [2.75, 3.05) is 31.9 Å². The van der Waals surface area contributed by atoms with Crippen LogP contribution in [0.15, 0.2) is 16.5 Å². The van der Waals surface area contributed by atoms with Crippen molar-refractivity contribution < 1.29 is 14.0 Å². The maximum absolute atomic E-state index is 11.9. The normalized spacial score (nSPS) is 16.2.